The average Bonchev–Trinajstić information content (AvgIpc) is 2.93. The monoisotopic (exact) mass is 296 g/mol. The molecule has 0 unspecified atom stereocenters. The van der Waals surface area contributed by atoms with Crippen LogP contribution in [0.15, 0.2) is 48.8 Å². The van der Waals surface area contributed by atoms with E-state index in [1.807, 2.05) is 12.1 Å². The summed E-state index contributed by atoms with van der Waals surface area (Å²) in [4.78, 5) is 26.8. The average molecular weight is 296 g/mol. The first-order chi connectivity index (χ1) is 10.5. The summed E-state index contributed by atoms with van der Waals surface area (Å²) in [6, 6.07) is 10.00. The summed E-state index contributed by atoms with van der Waals surface area (Å²) in [6.45, 7) is 1.64. The second-order valence-electron chi connectivity index (χ2n) is 4.80. The van der Waals surface area contributed by atoms with Gasteiger partial charge in [-0.15, -0.1) is 0 Å². The molecule has 0 aliphatic carbocycles. The zero-order chi connectivity index (χ0) is 15.7. The molecule has 0 saturated heterocycles. The number of nitro benzene ring substituents is 1. The van der Waals surface area contributed by atoms with Gasteiger partial charge in [0, 0.05) is 29.7 Å². The SMILES string of the molecule is Cc1ccc(NC(=O)c2cn3ccccc3n2)cc1[N+](=O)[O-]. The molecule has 1 amide bonds. The lowest BCUT2D eigenvalue weighted by molar-refractivity contribution is -0.385. The van der Waals surface area contributed by atoms with Crippen molar-refractivity contribution in [2.75, 3.05) is 5.32 Å². The highest BCUT2D eigenvalue weighted by atomic mass is 16.6. The molecule has 0 atom stereocenters. The van der Waals surface area contributed by atoms with Crippen LogP contribution in [-0.2, 0) is 0 Å². The number of carbonyl (C=O) groups excluding carboxylic acids is 1. The van der Waals surface area contributed by atoms with Crippen LogP contribution in [0.3, 0.4) is 0 Å². The van der Waals surface area contributed by atoms with E-state index < -0.39 is 10.8 Å². The summed E-state index contributed by atoms with van der Waals surface area (Å²) in [6.07, 6.45) is 3.39. The van der Waals surface area contributed by atoms with E-state index in [-0.39, 0.29) is 11.4 Å². The summed E-state index contributed by atoms with van der Waals surface area (Å²) >= 11 is 0. The van der Waals surface area contributed by atoms with Gasteiger partial charge in [-0.1, -0.05) is 12.1 Å². The minimum Gasteiger partial charge on any atom is -0.320 e. The predicted molar refractivity (Wildman–Crippen MR) is 81.0 cm³/mol. The summed E-state index contributed by atoms with van der Waals surface area (Å²) < 4.78 is 1.73. The maximum Gasteiger partial charge on any atom is 0.275 e. The first-order valence-electron chi connectivity index (χ1n) is 6.55. The Morgan fingerprint density at radius 1 is 1.32 bits per heavy atom. The Bertz CT molecular complexity index is 852. The molecule has 0 aliphatic heterocycles. The number of carbonyl (C=O) groups is 1. The van der Waals surface area contributed by atoms with E-state index in [0.29, 0.717) is 16.9 Å². The molecule has 7 nitrogen and oxygen atoms in total. The smallest absolute Gasteiger partial charge is 0.275 e. The molecule has 22 heavy (non-hydrogen) atoms. The summed E-state index contributed by atoms with van der Waals surface area (Å²) in [5.74, 6) is -0.415. The van der Waals surface area contributed by atoms with Gasteiger partial charge in [-0.05, 0) is 25.1 Å². The molecule has 2 aromatic heterocycles. The number of nitrogens with one attached hydrogen (secondary N) is 1. The van der Waals surface area contributed by atoms with E-state index in [2.05, 4.69) is 10.3 Å². The van der Waals surface area contributed by atoms with Gasteiger partial charge in [0.1, 0.15) is 11.3 Å². The Labute approximate surface area is 125 Å². The van der Waals surface area contributed by atoms with E-state index in [1.54, 1.807) is 41.9 Å². The van der Waals surface area contributed by atoms with Crippen molar-refractivity contribution in [1.29, 1.82) is 0 Å². The molecule has 1 N–H and O–H groups in total. The Morgan fingerprint density at radius 2 is 2.14 bits per heavy atom. The number of fused-ring (bicyclic) bond motifs is 1. The van der Waals surface area contributed by atoms with E-state index in [4.69, 9.17) is 0 Å². The maximum absolute atomic E-state index is 12.2. The van der Waals surface area contributed by atoms with Crippen LogP contribution in [0.4, 0.5) is 11.4 Å². The van der Waals surface area contributed by atoms with Crippen LogP contribution in [0.1, 0.15) is 16.1 Å². The van der Waals surface area contributed by atoms with Gasteiger partial charge in [0.05, 0.1) is 4.92 Å². The molecule has 110 valence electrons. The fourth-order valence-corrected chi connectivity index (χ4v) is 2.12. The third kappa shape index (κ3) is 2.51. The van der Waals surface area contributed by atoms with Crippen molar-refractivity contribution in [3.63, 3.8) is 0 Å². The van der Waals surface area contributed by atoms with Gasteiger partial charge in [-0.25, -0.2) is 4.98 Å². The fourth-order valence-electron chi connectivity index (χ4n) is 2.12. The zero-order valence-corrected chi connectivity index (χ0v) is 11.7. The molecule has 0 bridgehead atoms. The number of rotatable bonds is 3. The third-order valence-corrected chi connectivity index (χ3v) is 3.26. The van der Waals surface area contributed by atoms with Gasteiger partial charge in [-0.2, -0.15) is 0 Å². The van der Waals surface area contributed by atoms with Crippen LogP contribution in [0.5, 0.6) is 0 Å². The number of aryl methyl sites for hydroxylation is 1. The Hall–Kier alpha value is -3.22. The molecule has 7 heteroatoms. The second kappa shape index (κ2) is 5.28. The van der Waals surface area contributed by atoms with E-state index >= 15 is 0 Å². The van der Waals surface area contributed by atoms with E-state index in [0.717, 1.165) is 0 Å². The quantitative estimate of drug-likeness (QED) is 0.594. The topological polar surface area (TPSA) is 89.5 Å². The van der Waals surface area contributed by atoms with E-state index in [9.17, 15) is 14.9 Å². The molecular weight excluding hydrogens is 284 g/mol. The standard InChI is InChI=1S/C15H12N4O3/c1-10-5-6-11(8-13(10)19(21)22)16-15(20)12-9-18-7-3-2-4-14(18)17-12/h2-9H,1H3,(H,16,20). The van der Waals surface area contributed by atoms with Gasteiger partial charge in [0.25, 0.3) is 11.6 Å². The number of hydrogen-bond acceptors (Lipinski definition) is 4. The second-order valence-corrected chi connectivity index (χ2v) is 4.80. The zero-order valence-electron chi connectivity index (χ0n) is 11.7. The number of anilines is 1. The van der Waals surface area contributed by atoms with Gasteiger partial charge in [-0.3, -0.25) is 14.9 Å². The highest BCUT2D eigenvalue weighted by Crippen LogP contribution is 2.22. The van der Waals surface area contributed by atoms with Crippen molar-refractivity contribution in [3.05, 3.63) is 70.2 Å². The fraction of sp³-hybridized carbons (Fsp3) is 0.0667. The number of nitrogens with zero attached hydrogens (tertiary/aromatic N) is 3. The first-order valence-corrected chi connectivity index (χ1v) is 6.55. The van der Waals surface area contributed by atoms with Gasteiger partial charge in [0.15, 0.2) is 0 Å². The number of benzene rings is 1. The highest BCUT2D eigenvalue weighted by Gasteiger charge is 2.14. The first kappa shape index (κ1) is 13.7. The maximum atomic E-state index is 12.2. The van der Waals surface area contributed by atoms with Gasteiger partial charge >= 0.3 is 0 Å². The molecule has 0 radical (unpaired) electrons. The summed E-state index contributed by atoms with van der Waals surface area (Å²) in [5, 5.41) is 13.5. The minimum atomic E-state index is -0.476. The molecule has 3 aromatic rings. The van der Waals surface area contributed by atoms with Crippen LogP contribution in [0.25, 0.3) is 5.65 Å². The number of pyridine rings is 1. The molecule has 0 aliphatic rings. The minimum absolute atomic E-state index is 0.0344. The number of aromatic nitrogens is 2. The Kier molecular flexibility index (Phi) is 3.30. The number of amides is 1. The lowest BCUT2D eigenvalue weighted by Gasteiger charge is -2.04. The van der Waals surface area contributed by atoms with Crippen molar-refractivity contribution in [3.8, 4) is 0 Å². The largest absolute Gasteiger partial charge is 0.320 e. The van der Waals surface area contributed by atoms with Gasteiger partial charge in [0.2, 0.25) is 0 Å². The van der Waals surface area contributed by atoms with Crippen LogP contribution in [0.2, 0.25) is 0 Å². The summed E-state index contributed by atoms with van der Waals surface area (Å²) in [7, 11) is 0. The van der Waals surface area contributed by atoms with Crippen LogP contribution in [0, 0.1) is 17.0 Å². The van der Waals surface area contributed by atoms with Crippen LogP contribution >= 0.6 is 0 Å². The van der Waals surface area contributed by atoms with Crippen molar-refractivity contribution in [2.45, 2.75) is 6.92 Å². The molecule has 0 spiro atoms. The molecule has 1 aromatic carbocycles. The lowest BCUT2D eigenvalue weighted by atomic mass is 10.2. The number of hydrogen-bond donors (Lipinski definition) is 1. The molecule has 3 rings (SSSR count). The van der Waals surface area contributed by atoms with Gasteiger partial charge < -0.3 is 9.72 Å². The number of nitro groups is 1. The normalized spacial score (nSPS) is 10.6. The molecule has 0 fully saturated rings. The van der Waals surface area contributed by atoms with E-state index in [1.165, 1.54) is 6.07 Å². The molecular formula is C15H12N4O3. The van der Waals surface area contributed by atoms with Crippen molar-refractivity contribution in [2.24, 2.45) is 0 Å². The van der Waals surface area contributed by atoms with Crippen molar-refractivity contribution < 1.29 is 9.72 Å². The summed E-state index contributed by atoms with van der Waals surface area (Å²) in [5.41, 5.74) is 1.76. The van der Waals surface area contributed by atoms with Crippen LogP contribution in [-0.4, -0.2) is 20.2 Å². The molecule has 0 saturated carbocycles. The predicted octanol–water partition coefficient (Wildman–Crippen LogP) is 2.80. The third-order valence-electron chi connectivity index (χ3n) is 3.26. The Morgan fingerprint density at radius 3 is 2.86 bits per heavy atom. The highest BCUT2D eigenvalue weighted by molar-refractivity contribution is 6.03. The van der Waals surface area contributed by atoms with Crippen molar-refractivity contribution >= 4 is 22.9 Å². The van der Waals surface area contributed by atoms with Crippen LogP contribution < -0.4 is 5.32 Å². The van der Waals surface area contributed by atoms with Crippen molar-refractivity contribution in [1.82, 2.24) is 9.38 Å². The lowest BCUT2D eigenvalue weighted by Crippen LogP contribution is -2.12. The Balaban J connectivity index is 1.87. The number of imidazole rings is 1. The molecule has 2 heterocycles.